The third-order valence-corrected chi connectivity index (χ3v) is 5.36. The molecule has 1 aromatic heterocycles. The number of thiazole rings is 1. The summed E-state index contributed by atoms with van der Waals surface area (Å²) in [5, 5.41) is 3.10. The van der Waals surface area contributed by atoms with Crippen molar-refractivity contribution in [3.63, 3.8) is 0 Å². The molecule has 140 valence electrons. The van der Waals surface area contributed by atoms with E-state index in [1.165, 1.54) is 11.1 Å². The first-order valence-electron chi connectivity index (χ1n) is 9.03. The number of nitrogens with two attached hydrogens (primary N) is 1. The maximum Gasteiger partial charge on any atom is 0.191 e. The largest absolute Gasteiger partial charge is 0.493 e. The van der Waals surface area contributed by atoms with Crippen LogP contribution in [-0.2, 0) is 0 Å². The number of piperazine rings is 1. The molecule has 0 bridgehead atoms. The van der Waals surface area contributed by atoms with Gasteiger partial charge < -0.3 is 20.3 Å². The second kappa shape index (κ2) is 8.89. The number of anilines is 1. The van der Waals surface area contributed by atoms with Crippen LogP contribution in [0.5, 0.6) is 5.75 Å². The van der Waals surface area contributed by atoms with E-state index >= 15 is 0 Å². The van der Waals surface area contributed by atoms with Crippen molar-refractivity contribution < 1.29 is 4.74 Å². The van der Waals surface area contributed by atoms with Crippen molar-refractivity contribution in [3.8, 4) is 5.75 Å². The summed E-state index contributed by atoms with van der Waals surface area (Å²) in [7, 11) is 0. The number of rotatable bonds is 6. The summed E-state index contributed by atoms with van der Waals surface area (Å²) >= 11 is 1.68. The Bertz CT molecular complexity index is 703. The molecule has 7 heteroatoms. The smallest absolute Gasteiger partial charge is 0.191 e. The number of hydrogen-bond donors (Lipinski definition) is 1. The zero-order valence-electron chi connectivity index (χ0n) is 15.5. The van der Waals surface area contributed by atoms with Crippen LogP contribution >= 0.6 is 11.3 Å². The molecule has 1 aliphatic rings. The minimum atomic E-state index is 0.635. The molecule has 1 aliphatic heterocycles. The fraction of sp³-hybridized carbons (Fsp3) is 0.474. The summed E-state index contributed by atoms with van der Waals surface area (Å²) in [6, 6.07) is 6.20. The molecule has 0 aliphatic carbocycles. The van der Waals surface area contributed by atoms with Crippen LogP contribution in [0.3, 0.4) is 0 Å². The molecule has 0 atom stereocenters. The van der Waals surface area contributed by atoms with Crippen molar-refractivity contribution in [2.45, 2.75) is 20.3 Å². The van der Waals surface area contributed by atoms with Gasteiger partial charge in [-0.15, -0.1) is 11.3 Å². The van der Waals surface area contributed by atoms with Crippen LogP contribution in [-0.4, -0.2) is 55.2 Å². The van der Waals surface area contributed by atoms with Crippen LogP contribution in [0.25, 0.3) is 0 Å². The number of aryl methyl sites for hydroxylation is 2. The summed E-state index contributed by atoms with van der Waals surface area (Å²) in [4.78, 5) is 13.3. The number of nitrogens with zero attached hydrogens (tertiary/aromatic N) is 4. The monoisotopic (exact) mass is 373 g/mol. The van der Waals surface area contributed by atoms with Gasteiger partial charge in [-0.1, -0.05) is 18.2 Å². The van der Waals surface area contributed by atoms with Gasteiger partial charge in [0.25, 0.3) is 0 Å². The van der Waals surface area contributed by atoms with E-state index in [0.29, 0.717) is 19.1 Å². The van der Waals surface area contributed by atoms with Gasteiger partial charge in [0.05, 0.1) is 6.61 Å². The highest BCUT2D eigenvalue weighted by Crippen LogP contribution is 2.22. The molecule has 2 aromatic rings. The average molecular weight is 374 g/mol. The first kappa shape index (κ1) is 18.5. The number of para-hydroxylation sites is 1. The number of aromatic nitrogens is 1. The lowest BCUT2D eigenvalue weighted by atomic mass is 10.1. The number of guanidine groups is 1. The quantitative estimate of drug-likeness (QED) is 0.479. The van der Waals surface area contributed by atoms with E-state index < -0.39 is 0 Å². The molecular weight excluding hydrogens is 346 g/mol. The number of hydrogen-bond acceptors (Lipinski definition) is 5. The van der Waals surface area contributed by atoms with Gasteiger partial charge in [0.2, 0.25) is 0 Å². The lowest BCUT2D eigenvalue weighted by molar-refractivity contribution is 0.309. The van der Waals surface area contributed by atoms with Gasteiger partial charge in [-0.25, -0.2) is 4.98 Å². The maximum atomic E-state index is 6.16. The zero-order chi connectivity index (χ0) is 18.4. The van der Waals surface area contributed by atoms with Gasteiger partial charge in [0, 0.05) is 50.7 Å². The highest BCUT2D eigenvalue weighted by Gasteiger charge is 2.19. The van der Waals surface area contributed by atoms with Gasteiger partial charge in [-0.2, -0.15) is 0 Å². The Hall–Kier alpha value is -2.28. The van der Waals surface area contributed by atoms with Crippen molar-refractivity contribution in [1.29, 1.82) is 0 Å². The standard InChI is InChI=1S/C19H27N5OS/c1-15-5-3-6-16(2)17(15)25-13-4-7-21-18(20)23-9-11-24(12-10-23)19-22-8-14-26-19/h3,5-6,8,14H,4,7,9-13H2,1-2H3,(H2,20,21). The molecule has 0 radical (unpaired) electrons. The van der Waals surface area contributed by atoms with Crippen molar-refractivity contribution in [3.05, 3.63) is 40.9 Å². The van der Waals surface area contributed by atoms with Crippen molar-refractivity contribution in [2.24, 2.45) is 10.7 Å². The fourth-order valence-corrected chi connectivity index (χ4v) is 3.75. The van der Waals surface area contributed by atoms with Crippen LogP contribution < -0.4 is 15.4 Å². The van der Waals surface area contributed by atoms with E-state index in [9.17, 15) is 0 Å². The third-order valence-electron chi connectivity index (χ3n) is 4.52. The first-order chi connectivity index (χ1) is 12.6. The molecule has 1 fully saturated rings. The van der Waals surface area contributed by atoms with E-state index in [1.54, 1.807) is 11.3 Å². The van der Waals surface area contributed by atoms with E-state index in [-0.39, 0.29) is 0 Å². The highest BCUT2D eigenvalue weighted by atomic mass is 32.1. The third kappa shape index (κ3) is 4.66. The summed E-state index contributed by atoms with van der Waals surface area (Å²) in [5.41, 5.74) is 8.50. The topological polar surface area (TPSA) is 67.0 Å². The lowest BCUT2D eigenvalue weighted by Gasteiger charge is -2.35. The van der Waals surface area contributed by atoms with Crippen LogP contribution in [0.4, 0.5) is 5.13 Å². The SMILES string of the molecule is Cc1cccc(C)c1OCCCN=C(N)N1CCN(c2nccs2)CC1. The molecule has 1 saturated heterocycles. The number of benzene rings is 1. The molecule has 0 unspecified atom stereocenters. The molecule has 0 saturated carbocycles. The summed E-state index contributed by atoms with van der Waals surface area (Å²) < 4.78 is 5.91. The van der Waals surface area contributed by atoms with Gasteiger partial charge in [-0.05, 0) is 25.0 Å². The molecule has 2 heterocycles. The molecule has 3 rings (SSSR count). The van der Waals surface area contributed by atoms with Crippen molar-refractivity contribution >= 4 is 22.4 Å². The van der Waals surface area contributed by atoms with E-state index in [0.717, 1.165) is 43.5 Å². The molecule has 0 spiro atoms. The minimum absolute atomic E-state index is 0.635. The molecule has 2 N–H and O–H groups in total. The number of ether oxygens (including phenoxy) is 1. The van der Waals surface area contributed by atoms with E-state index in [4.69, 9.17) is 10.5 Å². The number of aliphatic imine (C=N–C) groups is 1. The van der Waals surface area contributed by atoms with Gasteiger partial charge in [0.1, 0.15) is 5.75 Å². The molecule has 0 amide bonds. The van der Waals surface area contributed by atoms with Crippen molar-refractivity contribution in [2.75, 3.05) is 44.2 Å². The zero-order valence-corrected chi connectivity index (χ0v) is 16.3. The lowest BCUT2D eigenvalue weighted by Crippen LogP contribution is -2.51. The van der Waals surface area contributed by atoms with Crippen LogP contribution in [0.1, 0.15) is 17.5 Å². The van der Waals surface area contributed by atoms with Crippen LogP contribution in [0.15, 0.2) is 34.8 Å². The minimum Gasteiger partial charge on any atom is -0.493 e. The highest BCUT2D eigenvalue weighted by molar-refractivity contribution is 7.13. The maximum absolute atomic E-state index is 6.16. The second-order valence-electron chi connectivity index (χ2n) is 6.45. The van der Waals surface area contributed by atoms with E-state index in [1.807, 2.05) is 11.6 Å². The Kier molecular flexibility index (Phi) is 6.33. The molecule has 1 aromatic carbocycles. The summed E-state index contributed by atoms with van der Waals surface area (Å²) in [5.74, 6) is 1.62. The normalized spacial score (nSPS) is 15.4. The Morgan fingerprint density at radius 2 is 1.96 bits per heavy atom. The first-order valence-corrected chi connectivity index (χ1v) is 9.91. The molecular formula is C19H27N5OS. The van der Waals surface area contributed by atoms with Gasteiger partial charge in [-0.3, -0.25) is 4.99 Å². The van der Waals surface area contributed by atoms with Crippen molar-refractivity contribution in [1.82, 2.24) is 9.88 Å². The van der Waals surface area contributed by atoms with E-state index in [2.05, 4.69) is 51.8 Å². The van der Waals surface area contributed by atoms with Crippen LogP contribution in [0.2, 0.25) is 0 Å². The molecule has 6 nitrogen and oxygen atoms in total. The fourth-order valence-electron chi connectivity index (χ4n) is 3.06. The van der Waals surface area contributed by atoms with Crippen LogP contribution in [0, 0.1) is 13.8 Å². The molecule has 26 heavy (non-hydrogen) atoms. The van der Waals surface area contributed by atoms with Gasteiger partial charge >= 0.3 is 0 Å². The van der Waals surface area contributed by atoms with Gasteiger partial charge in [0.15, 0.2) is 11.1 Å². The Labute approximate surface area is 159 Å². The summed E-state index contributed by atoms with van der Waals surface area (Å²) in [6.45, 7) is 9.11. The Balaban J connectivity index is 1.39. The summed E-state index contributed by atoms with van der Waals surface area (Å²) in [6.07, 6.45) is 2.70. The average Bonchev–Trinajstić information content (AvgIpc) is 3.18. The predicted molar refractivity (Wildman–Crippen MR) is 108 cm³/mol. The predicted octanol–water partition coefficient (Wildman–Crippen LogP) is 2.67. The Morgan fingerprint density at radius 1 is 1.23 bits per heavy atom. The Morgan fingerprint density at radius 3 is 2.62 bits per heavy atom. The second-order valence-corrected chi connectivity index (χ2v) is 7.32.